The van der Waals surface area contributed by atoms with E-state index in [0.29, 0.717) is 24.3 Å². The molecule has 1 spiro atoms. The smallest absolute Gasteiger partial charge is 0.353 e. The van der Waals surface area contributed by atoms with Gasteiger partial charge in [-0.1, -0.05) is 87.5 Å². The number of hydrogen-bond donors (Lipinski definition) is 1. The molecule has 1 aromatic heterocycles. The van der Waals surface area contributed by atoms with Crippen LogP contribution in [0.3, 0.4) is 0 Å². The Morgan fingerprint density at radius 1 is 0.981 bits per heavy atom. The molecule has 0 aliphatic carbocycles. The molecule has 53 heavy (non-hydrogen) atoms. The summed E-state index contributed by atoms with van der Waals surface area (Å²) in [5.74, 6) is -4.14. The van der Waals surface area contributed by atoms with Crippen LogP contribution in [0.15, 0.2) is 94.6 Å². The first-order valence-electron chi connectivity index (χ1n) is 17.4. The summed E-state index contributed by atoms with van der Waals surface area (Å²) >= 11 is 0. The Labute approximate surface area is 307 Å². The molecule has 0 saturated carbocycles. The van der Waals surface area contributed by atoms with Gasteiger partial charge in [0.25, 0.3) is 5.56 Å². The van der Waals surface area contributed by atoms with Crippen molar-refractivity contribution in [3.05, 3.63) is 123 Å². The van der Waals surface area contributed by atoms with Crippen LogP contribution in [0.5, 0.6) is 0 Å². The molecule has 3 aromatic carbocycles. The maximum Gasteiger partial charge on any atom is 0.353 e. The standard InChI is InChI=1S/C40H39N3O9S/c1-4-39(37(46)47,32-21-34-40(50-24-38(2,3)25-51-40)18-19-42(34)35(44)31(32)22-41)52-36(45)33-20-28-12-8-9-13-29(28)23-43(33)53(48,49)30-16-14-27(15-17-30)26-10-6-5-7-11-26/h5-17,21,33H,4,18-20,23-25H2,1-3H3,(H,46,47)/t33-,39+/m1/s1. The van der Waals surface area contributed by atoms with Crippen molar-refractivity contribution in [3.63, 3.8) is 0 Å². The second kappa shape index (κ2) is 13.4. The Morgan fingerprint density at radius 3 is 2.23 bits per heavy atom. The summed E-state index contributed by atoms with van der Waals surface area (Å²) in [4.78, 5) is 41.6. The van der Waals surface area contributed by atoms with E-state index < -0.39 is 50.5 Å². The van der Waals surface area contributed by atoms with E-state index in [1.165, 1.54) is 29.7 Å². The fourth-order valence-corrected chi connectivity index (χ4v) is 8.96. The highest BCUT2D eigenvalue weighted by molar-refractivity contribution is 7.89. The van der Waals surface area contributed by atoms with E-state index in [1.807, 2.05) is 50.2 Å². The van der Waals surface area contributed by atoms with E-state index in [-0.39, 0.29) is 53.9 Å². The first-order valence-corrected chi connectivity index (χ1v) is 18.9. The number of carbonyl (C=O) groups excluding carboxylic acids is 1. The molecular weight excluding hydrogens is 699 g/mol. The lowest BCUT2D eigenvalue weighted by Gasteiger charge is -2.41. The van der Waals surface area contributed by atoms with Crippen molar-refractivity contribution < 1.29 is 37.3 Å². The van der Waals surface area contributed by atoms with Crippen molar-refractivity contribution in [3.8, 4) is 17.2 Å². The average Bonchev–Trinajstić information content (AvgIpc) is 3.53. The lowest BCUT2D eigenvalue weighted by molar-refractivity contribution is -0.306. The van der Waals surface area contributed by atoms with Gasteiger partial charge in [0, 0.05) is 36.9 Å². The Morgan fingerprint density at radius 2 is 1.60 bits per heavy atom. The number of fused-ring (bicyclic) bond motifs is 3. The van der Waals surface area contributed by atoms with Crippen LogP contribution in [0.1, 0.15) is 61.6 Å². The van der Waals surface area contributed by atoms with Crippen LogP contribution in [0.25, 0.3) is 11.1 Å². The number of carboxylic acid groups (broad SMARTS) is 1. The van der Waals surface area contributed by atoms with Gasteiger partial charge in [0.2, 0.25) is 21.4 Å². The van der Waals surface area contributed by atoms with Crippen molar-refractivity contribution in [1.82, 2.24) is 8.87 Å². The number of pyridine rings is 1. The number of rotatable bonds is 8. The van der Waals surface area contributed by atoms with Gasteiger partial charge in [0.15, 0.2) is 0 Å². The molecule has 1 saturated heterocycles. The highest BCUT2D eigenvalue weighted by Crippen LogP contribution is 2.45. The summed E-state index contributed by atoms with van der Waals surface area (Å²) in [6, 6.07) is 24.6. The van der Waals surface area contributed by atoms with Gasteiger partial charge in [-0.25, -0.2) is 13.2 Å². The summed E-state index contributed by atoms with van der Waals surface area (Å²) in [6.07, 6.45) is -0.238. The topological polar surface area (TPSA) is 165 Å². The van der Waals surface area contributed by atoms with Crippen molar-refractivity contribution in [2.24, 2.45) is 5.41 Å². The summed E-state index contributed by atoms with van der Waals surface area (Å²) in [5, 5.41) is 21.1. The Bertz CT molecular complexity index is 2300. The van der Waals surface area contributed by atoms with Gasteiger partial charge in [-0.05, 0) is 46.9 Å². The van der Waals surface area contributed by atoms with Crippen molar-refractivity contribution in [2.75, 3.05) is 13.2 Å². The molecule has 274 valence electrons. The number of nitrogens with zero attached hydrogens (tertiary/aromatic N) is 3. The van der Waals surface area contributed by atoms with E-state index >= 15 is 0 Å². The van der Waals surface area contributed by atoms with Crippen LogP contribution in [0.2, 0.25) is 0 Å². The minimum atomic E-state index is -4.35. The fourth-order valence-electron chi connectivity index (χ4n) is 7.40. The molecule has 13 heteroatoms. The molecule has 1 fully saturated rings. The third-order valence-electron chi connectivity index (χ3n) is 10.5. The predicted molar refractivity (Wildman–Crippen MR) is 192 cm³/mol. The molecule has 0 amide bonds. The summed E-state index contributed by atoms with van der Waals surface area (Å²) < 4.78 is 49.5. The zero-order chi connectivity index (χ0) is 37.8. The van der Waals surface area contributed by atoms with Gasteiger partial charge in [-0.2, -0.15) is 9.57 Å². The Kier molecular flexibility index (Phi) is 9.14. The van der Waals surface area contributed by atoms with Gasteiger partial charge < -0.3 is 23.9 Å². The predicted octanol–water partition coefficient (Wildman–Crippen LogP) is 5.07. The number of benzene rings is 3. The number of carboxylic acids is 1. The summed E-state index contributed by atoms with van der Waals surface area (Å²) in [6.45, 7) is 5.96. The van der Waals surface area contributed by atoms with Crippen LogP contribution >= 0.6 is 0 Å². The average molecular weight is 738 g/mol. The second-order valence-electron chi connectivity index (χ2n) is 14.5. The molecule has 7 rings (SSSR count). The van der Waals surface area contributed by atoms with Gasteiger partial charge in [-0.3, -0.25) is 9.59 Å². The first-order chi connectivity index (χ1) is 25.2. The maximum atomic E-state index is 14.5. The highest BCUT2D eigenvalue weighted by Gasteiger charge is 2.53. The number of esters is 1. The fraction of sp³-hybridized carbons (Fsp3) is 0.350. The van der Waals surface area contributed by atoms with E-state index in [0.717, 1.165) is 15.4 Å². The second-order valence-corrected chi connectivity index (χ2v) is 16.4. The zero-order valence-corrected chi connectivity index (χ0v) is 30.4. The Hall–Kier alpha value is -5.13. The van der Waals surface area contributed by atoms with Gasteiger partial charge in [0.1, 0.15) is 17.7 Å². The minimum absolute atomic E-state index is 0.0614. The molecule has 4 heterocycles. The van der Waals surface area contributed by atoms with Crippen molar-refractivity contribution in [1.29, 1.82) is 5.26 Å². The normalized spacial score (nSPS) is 20.1. The van der Waals surface area contributed by atoms with E-state index in [2.05, 4.69) is 0 Å². The van der Waals surface area contributed by atoms with Crippen LogP contribution in [-0.4, -0.2) is 53.6 Å². The summed E-state index contributed by atoms with van der Waals surface area (Å²) in [5.41, 5.74) is -1.17. The van der Waals surface area contributed by atoms with Crippen molar-refractivity contribution >= 4 is 22.0 Å². The van der Waals surface area contributed by atoms with E-state index in [1.54, 1.807) is 36.4 Å². The highest BCUT2D eigenvalue weighted by atomic mass is 32.2. The van der Waals surface area contributed by atoms with E-state index in [4.69, 9.17) is 14.2 Å². The number of hydrogen-bond acceptors (Lipinski definition) is 9. The number of carbonyl (C=O) groups is 2. The molecule has 3 aliphatic heterocycles. The molecule has 0 unspecified atom stereocenters. The molecular formula is C40H39N3O9S. The van der Waals surface area contributed by atoms with Gasteiger partial charge in [0.05, 0.1) is 23.8 Å². The zero-order valence-electron chi connectivity index (χ0n) is 29.6. The molecule has 4 aromatic rings. The molecule has 0 radical (unpaired) electrons. The third-order valence-corrected chi connectivity index (χ3v) is 12.3. The molecule has 0 bridgehead atoms. The van der Waals surface area contributed by atoms with Gasteiger partial charge >= 0.3 is 11.9 Å². The van der Waals surface area contributed by atoms with Crippen LogP contribution < -0.4 is 5.56 Å². The van der Waals surface area contributed by atoms with Crippen LogP contribution in [0.4, 0.5) is 0 Å². The SMILES string of the molecule is CC[C@@](OC(=O)[C@H]1Cc2ccccc2CN1S(=O)(=O)c1ccc(-c2ccccc2)cc1)(C(=O)O)c1cc2n(c(=O)c1C#N)CCC21OCC(C)(C)CO1. The first kappa shape index (κ1) is 36.2. The third kappa shape index (κ3) is 6.15. The summed E-state index contributed by atoms with van der Waals surface area (Å²) in [7, 11) is -4.35. The molecule has 3 aliphatic rings. The van der Waals surface area contributed by atoms with Gasteiger partial charge in [-0.15, -0.1) is 0 Å². The molecule has 12 nitrogen and oxygen atoms in total. The number of ether oxygens (including phenoxy) is 3. The largest absolute Gasteiger partial charge is 0.478 e. The molecule has 1 N–H and O–H groups in total. The molecule has 2 atom stereocenters. The number of nitriles is 1. The van der Waals surface area contributed by atoms with Crippen LogP contribution in [-0.2, 0) is 64.7 Å². The number of sulfonamides is 1. The lowest BCUT2D eigenvalue weighted by atomic mass is 9.86. The van der Waals surface area contributed by atoms with Crippen LogP contribution in [0, 0.1) is 16.7 Å². The quantitative estimate of drug-likeness (QED) is 0.242. The number of aromatic nitrogens is 1. The van der Waals surface area contributed by atoms with Crippen molar-refractivity contribution in [2.45, 2.75) is 75.4 Å². The maximum absolute atomic E-state index is 14.5. The minimum Gasteiger partial charge on any atom is -0.478 e. The lowest BCUT2D eigenvalue weighted by Crippen LogP contribution is -2.52. The number of aliphatic carboxylic acids is 1. The Balaban J connectivity index is 1.29. The van der Waals surface area contributed by atoms with E-state index in [9.17, 15) is 33.2 Å². The monoisotopic (exact) mass is 737 g/mol.